The van der Waals surface area contributed by atoms with Crippen LogP contribution in [0.1, 0.15) is 31.4 Å². The van der Waals surface area contributed by atoms with Crippen molar-refractivity contribution in [2.75, 3.05) is 0 Å². The Bertz CT molecular complexity index is 974. The van der Waals surface area contributed by atoms with Crippen LogP contribution in [0.25, 0.3) is 11.4 Å². The number of carbonyl (C=O) groups excluding carboxylic acids is 1. The van der Waals surface area contributed by atoms with Crippen LogP contribution in [0.5, 0.6) is 0 Å². The summed E-state index contributed by atoms with van der Waals surface area (Å²) >= 11 is 7.58. The number of hydrogen-bond acceptors (Lipinski definition) is 5. The van der Waals surface area contributed by atoms with Gasteiger partial charge in [-0.15, -0.1) is 10.2 Å². The summed E-state index contributed by atoms with van der Waals surface area (Å²) in [6, 6.07) is 11.8. The number of amides is 1. The number of aromatic nitrogens is 4. The zero-order chi connectivity index (χ0) is 19.5. The molecule has 1 N–H and O–H groups in total. The Kier molecular flexibility index (Phi) is 5.64. The van der Waals surface area contributed by atoms with Gasteiger partial charge < -0.3 is 5.32 Å². The first kappa shape index (κ1) is 19.0. The lowest BCUT2D eigenvalue weighted by molar-refractivity contribution is -0.120. The van der Waals surface area contributed by atoms with Crippen LogP contribution >= 0.6 is 23.4 Å². The molecular formula is C20H20ClN5OS. The molecule has 2 aromatic heterocycles. The molecule has 3 aromatic rings. The molecule has 144 valence electrons. The maximum absolute atomic E-state index is 12.6. The van der Waals surface area contributed by atoms with Gasteiger partial charge in [0.15, 0.2) is 11.0 Å². The SMILES string of the molecule is C[C@H](Sc1nnc(-c2cccnc2)n1C1CC1)C(=O)NCc1ccccc1Cl. The van der Waals surface area contributed by atoms with Crippen molar-refractivity contribution in [3.8, 4) is 11.4 Å². The van der Waals surface area contributed by atoms with Crippen molar-refractivity contribution in [3.63, 3.8) is 0 Å². The summed E-state index contributed by atoms with van der Waals surface area (Å²) in [7, 11) is 0. The fraction of sp³-hybridized carbons (Fsp3) is 0.300. The molecule has 4 rings (SSSR count). The Hall–Kier alpha value is -2.38. The van der Waals surface area contributed by atoms with E-state index in [1.165, 1.54) is 11.8 Å². The van der Waals surface area contributed by atoms with Gasteiger partial charge in [-0.25, -0.2) is 0 Å². The molecule has 0 spiro atoms. The fourth-order valence-corrected chi connectivity index (χ4v) is 4.04. The van der Waals surface area contributed by atoms with Crippen LogP contribution in [0.2, 0.25) is 5.02 Å². The van der Waals surface area contributed by atoms with Crippen LogP contribution in [0.15, 0.2) is 53.9 Å². The van der Waals surface area contributed by atoms with E-state index in [0.29, 0.717) is 17.6 Å². The summed E-state index contributed by atoms with van der Waals surface area (Å²) in [5, 5.41) is 12.8. The van der Waals surface area contributed by atoms with Crippen LogP contribution in [0, 0.1) is 0 Å². The van der Waals surface area contributed by atoms with Gasteiger partial charge in [0.2, 0.25) is 5.91 Å². The lowest BCUT2D eigenvalue weighted by Gasteiger charge is -2.14. The maximum Gasteiger partial charge on any atom is 0.233 e. The van der Waals surface area contributed by atoms with Gasteiger partial charge in [-0.2, -0.15) is 0 Å². The number of hydrogen-bond donors (Lipinski definition) is 1. The largest absolute Gasteiger partial charge is 0.351 e. The van der Waals surface area contributed by atoms with E-state index >= 15 is 0 Å². The molecule has 1 aromatic carbocycles. The molecule has 2 heterocycles. The summed E-state index contributed by atoms with van der Waals surface area (Å²) in [4.78, 5) is 16.7. The van der Waals surface area contributed by atoms with Crippen molar-refractivity contribution >= 4 is 29.3 Å². The second-order valence-corrected chi connectivity index (χ2v) is 8.43. The van der Waals surface area contributed by atoms with Gasteiger partial charge >= 0.3 is 0 Å². The molecule has 28 heavy (non-hydrogen) atoms. The molecule has 1 atom stereocenters. The summed E-state index contributed by atoms with van der Waals surface area (Å²) in [6.07, 6.45) is 5.73. The van der Waals surface area contributed by atoms with Crippen LogP contribution in [-0.4, -0.2) is 30.9 Å². The highest BCUT2D eigenvalue weighted by Crippen LogP contribution is 2.41. The summed E-state index contributed by atoms with van der Waals surface area (Å²) in [6.45, 7) is 2.28. The van der Waals surface area contributed by atoms with Gasteiger partial charge in [0.1, 0.15) is 0 Å². The third-order valence-corrected chi connectivity index (χ3v) is 5.98. The Morgan fingerprint density at radius 3 is 2.82 bits per heavy atom. The molecule has 6 nitrogen and oxygen atoms in total. The standard InChI is InChI=1S/C20H20ClN5OS/c1-13(19(27)23-12-14-5-2-3-7-17(14)21)28-20-25-24-18(26(20)16-8-9-16)15-6-4-10-22-11-15/h2-7,10-11,13,16H,8-9,12H2,1H3,(H,23,27)/t13-/m0/s1. The number of pyridine rings is 1. The van der Waals surface area contributed by atoms with Crippen molar-refractivity contribution in [2.24, 2.45) is 0 Å². The molecule has 0 aliphatic heterocycles. The minimum absolute atomic E-state index is 0.0572. The first-order valence-corrected chi connectivity index (χ1v) is 10.4. The summed E-state index contributed by atoms with van der Waals surface area (Å²) < 4.78 is 2.14. The number of rotatable bonds is 7. The molecule has 1 fully saturated rings. The molecule has 0 unspecified atom stereocenters. The highest BCUT2D eigenvalue weighted by Gasteiger charge is 2.31. The predicted octanol–water partition coefficient (Wildman–Crippen LogP) is 4.13. The smallest absolute Gasteiger partial charge is 0.233 e. The molecule has 1 saturated carbocycles. The lowest BCUT2D eigenvalue weighted by Crippen LogP contribution is -2.30. The van der Waals surface area contributed by atoms with Gasteiger partial charge in [0, 0.05) is 35.6 Å². The van der Waals surface area contributed by atoms with Gasteiger partial charge in [-0.3, -0.25) is 14.3 Å². The quantitative estimate of drug-likeness (QED) is 0.589. The van der Waals surface area contributed by atoms with Crippen molar-refractivity contribution in [2.45, 2.75) is 42.8 Å². The molecule has 0 bridgehead atoms. The van der Waals surface area contributed by atoms with Crippen molar-refractivity contribution in [3.05, 3.63) is 59.4 Å². The molecular weight excluding hydrogens is 394 g/mol. The van der Waals surface area contributed by atoms with E-state index in [-0.39, 0.29) is 11.2 Å². The van der Waals surface area contributed by atoms with Gasteiger partial charge in [0.05, 0.1) is 5.25 Å². The minimum atomic E-state index is -0.300. The minimum Gasteiger partial charge on any atom is -0.351 e. The summed E-state index contributed by atoms with van der Waals surface area (Å²) in [5.41, 5.74) is 1.83. The third kappa shape index (κ3) is 4.20. The Labute approximate surface area is 172 Å². The first-order valence-electron chi connectivity index (χ1n) is 9.16. The number of carbonyl (C=O) groups is 1. The maximum atomic E-state index is 12.6. The fourth-order valence-electron chi connectivity index (χ4n) is 2.89. The van der Waals surface area contributed by atoms with Crippen molar-refractivity contribution in [1.29, 1.82) is 0 Å². The second kappa shape index (κ2) is 8.32. The molecule has 0 radical (unpaired) electrons. The van der Waals surface area contributed by atoms with Crippen LogP contribution in [0.3, 0.4) is 0 Å². The first-order chi connectivity index (χ1) is 13.6. The highest BCUT2D eigenvalue weighted by molar-refractivity contribution is 8.00. The number of benzene rings is 1. The van der Waals surface area contributed by atoms with Crippen LogP contribution < -0.4 is 5.32 Å². The Morgan fingerprint density at radius 2 is 2.11 bits per heavy atom. The van der Waals surface area contributed by atoms with Gasteiger partial charge in [0.25, 0.3) is 0 Å². The Morgan fingerprint density at radius 1 is 1.29 bits per heavy atom. The molecule has 1 aliphatic rings. The second-order valence-electron chi connectivity index (χ2n) is 6.72. The predicted molar refractivity (Wildman–Crippen MR) is 110 cm³/mol. The van der Waals surface area contributed by atoms with E-state index in [9.17, 15) is 4.79 Å². The zero-order valence-electron chi connectivity index (χ0n) is 15.4. The van der Waals surface area contributed by atoms with Crippen molar-refractivity contribution < 1.29 is 4.79 Å². The average Bonchev–Trinajstić information content (AvgIpc) is 3.47. The van der Waals surface area contributed by atoms with Crippen LogP contribution in [0.4, 0.5) is 0 Å². The monoisotopic (exact) mass is 413 g/mol. The van der Waals surface area contributed by atoms with Crippen molar-refractivity contribution in [1.82, 2.24) is 25.1 Å². The summed E-state index contributed by atoms with van der Waals surface area (Å²) in [5.74, 6) is 0.750. The molecule has 1 amide bonds. The van der Waals surface area contributed by atoms with E-state index in [1.54, 1.807) is 12.4 Å². The van der Waals surface area contributed by atoms with Gasteiger partial charge in [-0.1, -0.05) is 41.6 Å². The average molecular weight is 414 g/mol. The van der Waals surface area contributed by atoms with Gasteiger partial charge in [-0.05, 0) is 43.5 Å². The normalized spacial score (nSPS) is 14.6. The van der Waals surface area contributed by atoms with E-state index in [1.807, 2.05) is 43.3 Å². The van der Waals surface area contributed by atoms with E-state index in [2.05, 4.69) is 25.1 Å². The molecule has 8 heteroatoms. The number of nitrogens with zero attached hydrogens (tertiary/aromatic N) is 4. The van der Waals surface area contributed by atoms with Crippen LogP contribution in [-0.2, 0) is 11.3 Å². The third-order valence-electron chi connectivity index (χ3n) is 4.56. The number of nitrogens with one attached hydrogen (secondary N) is 1. The number of halogens is 1. The zero-order valence-corrected chi connectivity index (χ0v) is 17.0. The van der Waals surface area contributed by atoms with E-state index in [0.717, 1.165) is 34.9 Å². The molecule has 1 aliphatic carbocycles. The topological polar surface area (TPSA) is 72.7 Å². The Balaban J connectivity index is 1.46. The number of thioether (sulfide) groups is 1. The molecule has 0 saturated heterocycles. The van der Waals surface area contributed by atoms with E-state index < -0.39 is 0 Å². The highest BCUT2D eigenvalue weighted by atomic mass is 35.5. The lowest BCUT2D eigenvalue weighted by atomic mass is 10.2. The van der Waals surface area contributed by atoms with E-state index in [4.69, 9.17) is 11.6 Å².